The Balaban J connectivity index is 1.52. The molecule has 4 aromatic rings. The average molecular weight is 600 g/mol. The van der Waals surface area contributed by atoms with E-state index in [1.54, 1.807) is 30.6 Å². The number of aromatic nitrogens is 4. The van der Waals surface area contributed by atoms with Crippen molar-refractivity contribution >= 4 is 16.0 Å². The van der Waals surface area contributed by atoms with Gasteiger partial charge in [0, 0.05) is 29.4 Å². The fraction of sp³-hybridized carbons (Fsp3) is 0.394. The normalized spacial score (nSPS) is 22.3. The van der Waals surface area contributed by atoms with E-state index in [0.717, 1.165) is 22.3 Å². The maximum Gasteiger partial charge on any atom is 0.264 e. The summed E-state index contributed by atoms with van der Waals surface area (Å²) in [6.45, 7) is 12.3. The first kappa shape index (κ1) is 29.0. The van der Waals surface area contributed by atoms with Crippen molar-refractivity contribution in [2.75, 3.05) is 4.72 Å². The quantitative estimate of drug-likeness (QED) is 0.279. The van der Waals surface area contributed by atoms with Crippen molar-refractivity contribution in [2.24, 2.45) is 11.8 Å². The number of ether oxygens (including phenoxy) is 2. The number of rotatable bonds is 5. The third-order valence-electron chi connectivity index (χ3n) is 8.38. The monoisotopic (exact) mass is 599 g/mol. The first-order valence-corrected chi connectivity index (χ1v) is 16.2. The first-order chi connectivity index (χ1) is 20.5. The Bertz CT molecular complexity index is 1740. The highest BCUT2D eigenvalue weighted by molar-refractivity contribution is 7.92. The third kappa shape index (κ3) is 5.68. The van der Waals surface area contributed by atoms with Crippen molar-refractivity contribution < 1.29 is 17.9 Å². The molecule has 4 unspecified atom stereocenters. The second-order valence-corrected chi connectivity index (χ2v) is 13.8. The zero-order valence-corrected chi connectivity index (χ0v) is 26.1. The molecule has 1 aliphatic carbocycles. The van der Waals surface area contributed by atoms with Crippen LogP contribution in [0, 0.1) is 25.7 Å². The minimum atomic E-state index is -4.00. The first-order valence-electron chi connectivity index (χ1n) is 14.7. The second kappa shape index (κ2) is 11.2. The van der Waals surface area contributed by atoms with E-state index in [2.05, 4.69) is 28.5 Å². The Morgan fingerprint density at radius 3 is 2.33 bits per heavy atom. The van der Waals surface area contributed by atoms with Crippen LogP contribution in [-0.2, 0) is 10.0 Å². The van der Waals surface area contributed by atoms with Gasteiger partial charge in [-0.2, -0.15) is 4.98 Å². The number of hydrogen-bond acceptors (Lipinski definition) is 8. The number of fused-ring (bicyclic) bond motifs is 7. The topological polar surface area (TPSA) is 116 Å². The second-order valence-electron chi connectivity index (χ2n) is 12.1. The van der Waals surface area contributed by atoms with Crippen LogP contribution in [0.1, 0.15) is 68.5 Å². The fourth-order valence-electron chi connectivity index (χ4n) is 6.70. The molecule has 224 valence electrons. The Kier molecular flexibility index (Phi) is 7.58. The lowest BCUT2D eigenvalue weighted by atomic mass is 9.77. The van der Waals surface area contributed by atoms with Crippen molar-refractivity contribution in [3.63, 3.8) is 0 Å². The molecule has 0 spiro atoms. The molecule has 0 amide bonds. The van der Waals surface area contributed by atoms with Crippen LogP contribution in [0.5, 0.6) is 11.6 Å². The number of benzene rings is 2. The zero-order valence-electron chi connectivity index (χ0n) is 25.3. The van der Waals surface area contributed by atoms with E-state index in [9.17, 15) is 8.42 Å². The minimum absolute atomic E-state index is 0.00987. The summed E-state index contributed by atoms with van der Waals surface area (Å²) in [6.07, 6.45) is 3.85. The van der Waals surface area contributed by atoms with Gasteiger partial charge < -0.3 is 9.47 Å². The van der Waals surface area contributed by atoms with Crippen molar-refractivity contribution in [1.29, 1.82) is 0 Å². The lowest BCUT2D eigenvalue weighted by Crippen LogP contribution is -2.30. The van der Waals surface area contributed by atoms with Crippen LogP contribution in [-0.4, -0.2) is 40.6 Å². The molecule has 9 nitrogen and oxygen atoms in total. The van der Waals surface area contributed by atoms with Crippen LogP contribution >= 0.6 is 0 Å². The summed E-state index contributed by atoms with van der Waals surface area (Å²) in [4.78, 5) is 18.8. The molecule has 2 aromatic carbocycles. The summed E-state index contributed by atoms with van der Waals surface area (Å²) in [5, 5.41) is 0. The van der Waals surface area contributed by atoms with Gasteiger partial charge in [-0.15, -0.1) is 0 Å². The van der Waals surface area contributed by atoms with E-state index < -0.39 is 10.0 Å². The molecule has 0 saturated heterocycles. The van der Waals surface area contributed by atoms with E-state index in [4.69, 9.17) is 19.4 Å². The van der Waals surface area contributed by atoms with Crippen LogP contribution in [0.15, 0.2) is 65.8 Å². The Hall–Kier alpha value is -4.05. The molecule has 1 saturated carbocycles. The molecule has 3 heterocycles. The van der Waals surface area contributed by atoms with Gasteiger partial charge in [0.15, 0.2) is 5.75 Å². The average Bonchev–Trinajstić information content (AvgIpc) is 3.32. The summed E-state index contributed by atoms with van der Waals surface area (Å²) in [5.74, 6) is 1.63. The van der Waals surface area contributed by atoms with Gasteiger partial charge in [-0.1, -0.05) is 44.2 Å². The Morgan fingerprint density at radius 1 is 0.953 bits per heavy atom. The van der Waals surface area contributed by atoms with Gasteiger partial charge in [0.05, 0.1) is 29.1 Å². The molecule has 43 heavy (non-hydrogen) atoms. The largest absolute Gasteiger partial charge is 0.488 e. The molecule has 2 aliphatic rings. The van der Waals surface area contributed by atoms with Gasteiger partial charge in [-0.25, -0.2) is 28.1 Å². The Morgan fingerprint density at radius 2 is 1.65 bits per heavy atom. The number of sulfonamides is 1. The molecule has 10 heteroatoms. The zero-order chi connectivity index (χ0) is 30.5. The maximum atomic E-state index is 13.7. The standard InChI is InChI=1S/C33H37N5O4S/c1-18(2)29-27-14-25(32-34-16-23(17-35-32)41-19(3)4)31(29)22-11-8-12-24(13-22)43(39,40)38-33-36-26(15-28(37-33)42-27)30-20(5)9-7-10-21(30)6/h7-13,15-19,25,27,29,31H,14H2,1-6H3,(H,36,37,38). The van der Waals surface area contributed by atoms with Gasteiger partial charge in [0.1, 0.15) is 11.9 Å². The predicted molar refractivity (Wildman–Crippen MR) is 165 cm³/mol. The van der Waals surface area contributed by atoms with Crippen molar-refractivity contribution in [1.82, 2.24) is 19.9 Å². The van der Waals surface area contributed by atoms with E-state index in [-0.39, 0.29) is 46.7 Å². The number of hydrogen-bond donors (Lipinski definition) is 1. The highest BCUT2D eigenvalue weighted by Gasteiger charge is 2.49. The summed E-state index contributed by atoms with van der Waals surface area (Å²) in [7, 11) is -4.00. The maximum absolute atomic E-state index is 13.7. The molecule has 2 aromatic heterocycles. The lowest BCUT2D eigenvalue weighted by molar-refractivity contribution is 0.119. The van der Waals surface area contributed by atoms with E-state index in [1.165, 1.54) is 0 Å². The Labute approximate surface area is 253 Å². The summed E-state index contributed by atoms with van der Waals surface area (Å²) in [6, 6.07) is 15.0. The fourth-order valence-corrected chi connectivity index (χ4v) is 7.69. The molecule has 1 N–H and O–H groups in total. The molecule has 4 atom stereocenters. The van der Waals surface area contributed by atoms with E-state index in [1.807, 2.05) is 58.0 Å². The van der Waals surface area contributed by atoms with Gasteiger partial charge in [0.2, 0.25) is 11.8 Å². The molecule has 1 aliphatic heterocycles. The third-order valence-corrected chi connectivity index (χ3v) is 9.70. The number of nitrogens with zero attached hydrogens (tertiary/aromatic N) is 4. The van der Waals surface area contributed by atoms with Crippen LogP contribution in [0.3, 0.4) is 0 Å². The van der Waals surface area contributed by atoms with E-state index in [0.29, 0.717) is 29.6 Å². The molecule has 6 bridgehead atoms. The lowest BCUT2D eigenvalue weighted by Gasteiger charge is -2.30. The highest BCUT2D eigenvalue weighted by Crippen LogP contribution is 2.53. The van der Waals surface area contributed by atoms with Crippen LogP contribution in [0.2, 0.25) is 0 Å². The number of anilines is 1. The van der Waals surface area contributed by atoms with Gasteiger partial charge in [0.25, 0.3) is 10.0 Å². The smallest absolute Gasteiger partial charge is 0.264 e. The van der Waals surface area contributed by atoms with Crippen LogP contribution in [0.4, 0.5) is 5.95 Å². The number of nitrogens with one attached hydrogen (secondary N) is 1. The van der Waals surface area contributed by atoms with E-state index >= 15 is 0 Å². The molecular weight excluding hydrogens is 562 g/mol. The van der Waals surface area contributed by atoms with Crippen LogP contribution < -0.4 is 14.2 Å². The summed E-state index contributed by atoms with van der Waals surface area (Å²) in [5.41, 5.74) is 4.47. The molecule has 0 radical (unpaired) electrons. The van der Waals surface area contributed by atoms with Crippen molar-refractivity contribution in [3.8, 4) is 22.9 Å². The van der Waals surface area contributed by atoms with Crippen molar-refractivity contribution in [2.45, 2.75) is 76.9 Å². The predicted octanol–water partition coefficient (Wildman–Crippen LogP) is 6.44. The number of aryl methyl sites for hydroxylation is 2. The minimum Gasteiger partial charge on any atom is -0.488 e. The molecular formula is C33H37N5O4S. The van der Waals surface area contributed by atoms with Gasteiger partial charge in [-0.05, 0) is 68.9 Å². The molecule has 1 fully saturated rings. The van der Waals surface area contributed by atoms with Crippen molar-refractivity contribution in [3.05, 3.63) is 83.4 Å². The van der Waals surface area contributed by atoms with Crippen LogP contribution in [0.25, 0.3) is 11.3 Å². The van der Waals surface area contributed by atoms with Gasteiger partial charge >= 0.3 is 0 Å². The summed E-state index contributed by atoms with van der Waals surface area (Å²) >= 11 is 0. The van der Waals surface area contributed by atoms with Gasteiger partial charge in [-0.3, -0.25) is 0 Å². The SMILES string of the molecule is Cc1cccc(C)c1-c1cc2nc(n1)NS(=O)(=O)c1cccc(c1)C1C(c3ncc(OC(C)C)cn3)CC(O2)C1C(C)C. The molecule has 6 rings (SSSR count). The summed E-state index contributed by atoms with van der Waals surface area (Å²) < 4.78 is 42.5. The highest BCUT2D eigenvalue weighted by atomic mass is 32.2.